The second kappa shape index (κ2) is 9.51. The van der Waals surface area contributed by atoms with Crippen molar-refractivity contribution in [1.82, 2.24) is 14.8 Å². The summed E-state index contributed by atoms with van der Waals surface area (Å²) in [7, 11) is 0. The monoisotopic (exact) mass is 360 g/mol. The molecule has 0 bridgehead atoms. The zero-order valence-electron chi connectivity index (χ0n) is 14.3. The summed E-state index contributed by atoms with van der Waals surface area (Å²) in [5.74, 6) is 0.0578. The highest BCUT2D eigenvalue weighted by Gasteiger charge is 2.25. The van der Waals surface area contributed by atoms with E-state index in [1.807, 2.05) is 59.8 Å². The third kappa shape index (κ3) is 5.53. The van der Waals surface area contributed by atoms with E-state index in [0.717, 1.165) is 38.3 Å². The smallest absolute Gasteiger partial charge is 0.239 e. The molecule has 1 saturated heterocycles. The molecule has 1 aliphatic heterocycles. The van der Waals surface area contributed by atoms with Crippen LogP contribution in [-0.4, -0.2) is 52.9 Å². The van der Waals surface area contributed by atoms with Gasteiger partial charge < -0.3 is 10.6 Å². The minimum Gasteiger partial charge on any atom is -0.339 e. The van der Waals surface area contributed by atoms with E-state index in [9.17, 15) is 4.79 Å². The van der Waals surface area contributed by atoms with E-state index in [0.29, 0.717) is 6.42 Å². The molecule has 1 aromatic carbocycles. The van der Waals surface area contributed by atoms with Crippen LogP contribution in [0.3, 0.4) is 0 Å². The third-order valence-electron chi connectivity index (χ3n) is 4.46. The summed E-state index contributed by atoms with van der Waals surface area (Å²) in [6.07, 6.45) is 4.23. The third-order valence-corrected chi connectivity index (χ3v) is 4.46. The van der Waals surface area contributed by atoms with E-state index in [4.69, 9.17) is 5.73 Å². The Labute approximate surface area is 155 Å². The molecule has 0 saturated carbocycles. The maximum Gasteiger partial charge on any atom is 0.239 e. The van der Waals surface area contributed by atoms with Crippen LogP contribution in [-0.2, 0) is 17.8 Å². The van der Waals surface area contributed by atoms with Gasteiger partial charge in [-0.1, -0.05) is 30.3 Å². The number of hydrogen-bond donors (Lipinski definition) is 1. The quantitative estimate of drug-likeness (QED) is 0.881. The number of nitrogens with two attached hydrogens (primary N) is 1. The topological polar surface area (TPSA) is 62.5 Å². The van der Waals surface area contributed by atoms with Crippen LogP contribution in [0.2, 0.25) is 0 Å². The van der Waals surface area contributed by atoms with Crippen molar-refractivity contribution >= 4 is 18.3 Å². The Morgan fingerprint density at radius 1 is 1.00 bits per heavy atom. The van der Waals surface area contributed by atoms with Gasteiger partial charge in [0.2, 0.25) is 5.91 Å². The molecule has 1 aromatic heterocycles. The molecule has 1 fully saturated rings. The van der Waals surface area contributed by atoms with Gasteiger partial charge in [-0.15, -0.1) is 12.4 Å². The van der Waals surface area contributed by atoms with Crippen molar-refractivity contribution in [3.8, 4) is 0 Å². The molecule has 0 radical (unpaired) electrons. The molecule has 0 spiro atoms. The summed E-state index contributed by atoms with van der Waals surface area (Å²) in [5.41, 5.74) is 8.49. The van der Waals surface area contributed by atoms with E-state index in [2.05, 4.69) is 9.88 Å². The van der Waals surface area contributed by atoms with Crippen LogP contribution in [0.25, 0.3) is 0 Å². The molecule has 3 rings (SSSR count). The number of carbonyl (C=O) groups is 1. The first kappa shape index (κ1) is 19.4. The second-order valence-corrected chi connectivity index (χ2v) is 6.25. The highest BCUT2D eigenvalue weighted by Crippen LogP contribution is 2.10. The Bertz CT molecular complexity index is 645. The van der Waals surface area contributed by atoms with Crippen molar-refractivity contribution in [2.45, 2.75) is 19.0 Å². The van der Waals surface area contributed by atoms with Gasteiger partial charge in [-0.25, -0.2) is 0 Å². The van der Waals surface area contributed by atoms with Crippen LogP contribution in [0.1, 0.15) is 11.1 Å². The summed E-state index contributed by atoms with van der Waals surface area (Å²) in [4.78, 5) is 20.8. The average molecular weight is 361 g/mol. The largest absolute Gasteiger partial charge is 0.339 e. The van der Waals surface area contributed by atoms with Crippen LogP contribution in [0.4, 0.5) is 0 Å². The van der Waals surface area contributed by atoms with Gasteiger partial charge in [-0.3, -0.25) is 14.7 Å². The number of carbonyl (C=O) groups excluding carboxylic acids is 1. The van der Waals surface area contributed by atoms with E-state index in [1.165, 1.54) is 5.56 Å². The molecule has 25 heavy (non-hydrogen) atoms. The Morgan fingerprint density at radius 2 is 1.64 bits per heavy atom. The molecule has 1 unspecified atom stereocenters. The molecule has 6 heteroatoms. The maximum absolute atomic E-state index is 12.5. The Hall–Kier alpha value is -1.95. The molecular formula is C19H25ClN4O. The van der Waals surface area contributed by atoms with Crippen molar-refractivity contribution in [1.29, 1.82) is 0 Å². The van der Waals surface area contributed by atoms with E-state index >= 15 is 0 Å². The van der Waals surface area contributed by atoms with Gasteiger partial charge in [-0.2, -0.15) is 0 Å². The first-order valence-electron chi connectivity index (χ1n) is 8.42. The van der Waals surface area contributed by atoms with Gasteiger partial charge in [0.25, 0.3) is 0 Å². The standard InChI is InChI=1S/C19H24N4O.ClH/c20-18(14-16-4-2-1-3-5-16)19(24)23-12-10-22(11-13-23)15-17-6-8-21-9-7-17;/h1-9,18H,10-15,20H2;1H. The summed E-state index contributed by atoms with van der Waals surface area (Å²) >= 11 is 0. The number of benzene rings is 1. The second-order valence-electron chi connectivity index (χ2n) is 6.25. The van der Waals surface area contributed by atoms with Crippen LogP contribution in [0, 0.1) is 0 Å². The highest BCUT2D eigenvalue weighted by atomic mass is 35.5. The van der Waals surface area contributed by atoms with E-state index < -0.39 is 6.04 Å². The summed E-state index contributed by atoms with van der Waals surface area (Å²) < 4.78 is 0. The SMILES string of the molecule is Cl.NC(Cc1ccccc1)C(=O)N1CCN(Cc2ccncc2)CC1. The number of pyridine rings is 1. The molecule has 2 aromatic rings. The molecule has 2 N–H and O–H groups in total. The Morgan fingerprint density at radius 3 is 2.28 bits per heavy atom. The first-order chi connectivity index (χ1) is 11.7. The van der Waals surface area contributed by atoms with Crippen molar-refractivity contribution < 1.29 is 4.79 Å². The fourth-order valence-corrected chi connectivity index (χ4v) is 3.06. The predicted octanol–water partition coefficient (Wildman–Crippen LogP) is 1.72. The minimum atomic E-state index is -0.459. The maximum atomic E-state index is 12.5. The lowest BCUT2D eigenvalue weighted by molar-refractivity contribution is -0.134. The summed E-state index contributed by atoms with van der Waals surface area (Å²) in [6, 6.07) is 13.6. The molecule has 134 valence electrons. The van der Waals surface area contributed by atoms with E-state index in [-0.39, 0.29) is 18.3 Å². The van der Waals surface area contributed by atoms with Crippen molar-refractivity contribution in [3.05, 3.63) is 66.0 Å². The highest BCUT2D eigenvalue weighted by molar-refractivity contribution is 5.85. The van der Waals surface area contributed by atoms with Crippen LogP contribution >= 0.6 is 12.4 Å². The van der Waals surface area contributed by atoms with Gasteiger partial charge in [0, 0.05) is 45.1 Å². The molecule has 0 aliphatic carbocycles. The normalized spacial score (nSPS) is 16.1. The van der Waals surface area contributed by atoms with Crippen LogP contribution in [0.5, 0.6) is 0 Å². The number of hydrogen-bond acceptors (Lipinski definition) is 4. The minimum absolute atomic E-state index is 0. The number of rotatable bonds is 5. The van der Waals surface area contributed by atoms with Crippen molar-refractivity contribution in [2.24, 2.45) is 5.73 Å². The number of piperazine rings is 1. The first-order valence-corrected chi connectivity index (χ1v) is 8.42. The summed E-state index contributed by atoms with van der Waals surface area (Å²) in [6.45, 7) is 4.15. The number of amides is 1. The zero-order chi connectivity index (χ0) is 16.8. The average Bonchev–Trinajstić information content (AvgIpc) is 2.63. The lowest BCUT2D eigenvalue weighted by Gasteiger charge is -2.36. The fourth-order valence-electron chi connectivity index (χ4n) is 3.06. The number of nitrogens with zero attached hydrogens (tertiary/aromatic N) is 3. The molecule has 1 atom stereocenters. The fraction of sp³-hybridized carbons (Fsp3) is 0.368. The predicted molar refractivity (Wildman–Crippen MR) is 101 cm³/mol. The number of halogens is 1. The lowest BCUT2D eigenvalue weighted by Crippen LogP contribution is -2.53. The molecule has 1 amide bonds. The van der Waals surface area contributed by atoms with Gasteiger partial charge in [-0.05, 0) is 29.7 Å². The Kier molecular flexibility index (Phi) is 7.37. The molecular weight excluding hydrogens is 336 g/mol. The molecule has 2 heterocycles. The summed E-state index contributed by atoms with van der Waals surface area (Å²) in [5, 5.41) is 0. The number of aromatic nitrogens is 1. The van der Waals surface area contributed by atoms with Gasteiger partial charge in [0.05, 0.1) is 6.04 Å². The van der Waals surface area contributed by atoms with Crippen LogP contribution in [0.15, 0.2) is 54.9 Å². The zero-order valence-corrected chi connectivity index (χ0v) is 15.1. The van der Waals surface area contributed by atoms with E-state index in [1.54, 1.807) is 0 Å². The molecule has 5 nitrogen and oxygen atoms in total. The van der Waals surface area contributed by atoms with Crippen molar-refractivity contribution in [2.75, 3.05) is 26.2 Å². The van der Waals surface area contributed by atoms with Gasteiger partial charge in [0.1, 0.15) is 0 Å². The lowest BCUT2D eigenvalue weighted by atomic mass is 10.1. The Balaban J connectivity index is 0.00000225. The molecule has 1 aliphatic rings. The van der Waals surface area contributed by atoms with Crippen molar-refractivity contribution in [3.63, 3.8) is 0 Å². The van der Waals surface area contributed by atoms with Crippen LogP contribution < -0.4 is 5.73 Å². The van der Waals surface area contributed by atoms with Gasteiger partial charge in [0.15, 0.2) is 0 Å². The van der Waals surface area contributed by atoms with Gasteiger partial charge >= 0.3 is 0 Å².